The number of halogens is 1. The summed E-state index contributed by atoms with van der Waals surface area (Å²) in [5.41, 5.74) is 0.315. The van der Waals surface area contributed by atoms with Crippen LogP contribution in [0.2, 0.25) is 0 Å². The van der Waals surface area contributed by atoms with Crippen molar-refractivity contribution < 1.29 is 12.8 Å². The fraction of sp³-hybridized carbons (Fsp3) is 0.500. The molecule has 0 aliphatic heterocycles. The third-order valence-electron chi connectivity index (χ3n) is 3.31. The lowest BCUT2D eigenvalue weighted by Crippen LogP contribution is -2.15. The van der Waals surface area contributed by atoms with Crippen LogP contribution in [0.4, 0.5) is 10.1 Å². The maximum Gasteiger partial charge on any atom is 0.238 e. The molecule has 4 nitrogen and oxygen atoms in total. The lowest BCUT2D eigenvalue weighted by molar-refractivity contribution is 0.533. The zero-order chi connectivity index (χ0) is 13.3. The second-order valence-electron chi connectivity index (χ2n) is 4.88. The highest BCUT2D eigenvalue weighted by molar-refractivity contribution is 7.89. The molecule has 1 unspecified atom stereocenters. The van der Waals surface area contributed by atoms with Crippen LogP contribution in [-0.4, -0.2) is 15.0 Å². The van der Waals surface area contributed by atoms with Gasteiger partial charge in [-0.15, -0.1) is 0 Å². The Hall–Kier alpha value is -1.14. The van der Waals surface area contributed by atoms with Crippen LogP contribution >= 0.6 is 0 Å². The first-order chi connectivity index (χ1) is 8.38. The minimum Gasteiger partial charge on any atom is -0.382 e. The van der Waals surface area contributed by atoms with E-state index in [1.165, 1.54) is 25.0 Å². The highest BCUT2D eigenvalue weighted by Crippen LogP contribution is 2.36. The number of benzene rings is 1. The van der Waals surface area contributed by atoms with Crippen LogP contribution in [0, 0.1) is 17.7 Å². The molecule has 0 spiro atoms. The van der Waals surface area contributed by atoms with Gasteiger partial charge in [-0.05, 0) is 42.9 Å². The smallest absolute Gasteiger partial charge is 0.238 e. The first kappa shape index (κ1) is 13.3. The predicted molar refractivity (Wildman–Crippen MR) is 68.2 cm³/mol. The molecule has 6 heteroatoms. The van der Waals surface area contributed by atoms with E-state index in [-0.39, 0.29) is 4.90 Å². The lowest BCUT2D eigenvalue weighted by Gasteiger charge is -2.13. The molecule has 1 fully saturated rings. The van der Waals surface area contributed by atoms with Gasteiger partial charge in [-0.2, -0.15) is 0 Å². The number of hydrogen-bond acceptors (Lipinski definition) is 3. The van der Waals surface area contributed by atoms with Crippen molar-refractivity contribution in [2.75, 3.05) is 11.9 Å². The molecule has 3 N–H and O–H groups in total. The van der Waals surface area contributed by atoms with Crippen LogP contribution in [-0.2, 0) is 10.0 Å². The van der Waals surface area contributed by atoms with Gasteiger partial charge >= 0.3 is 0 Å². The minimum absolute atomic E-state index is 0.208. The Balaban J connectivity index is 2.05. The molecule has 1 aliphatic rings. The highest BCUT2D eigenvalue weighted by atomic mass is 32.2. The molecule has 100 valence electrons. The van der Waals surface area contributed by atoms with Crippen LogP contribution in [0.25, 0.3) is 0 Å². The standard InChI is InChI=1S/C12H17FN2O2S/c1-8(9-2-3-9)7-15-12-5-4-10(6-11(12)13)18(14,16)17/h4-6,8-9,15H,2-3,7H2,1H3,(H2,14,16,17). The molecule has 1 aliphatic carbocycles. The summed E-state index contributed by atoms with van der Waals surface area (Å²) in [6, 6.07) is 3.66. The maximum atomic E-state index is 13.7. The van der Waals surface area contributed by atoms with E-state index in [1.54, 1.807) is 0 Å². The molecule has 0 bridgehead atoms. The van der Waals surface area contributed by atoms with Gasteiger partial charge in [0.15, 0.2) is 0 Å². The summed E-state index contributed by atoms with van der Waals surface area (Å²) < 4.78 is 35.8. The largest absolute Gasteiger partial charge is 0.382 e. The van der Waals surface area contributed by atoms with E-state index < -0.39 is 15.8 Å². The van der Waals surface area contributed by atoms with Crippen LogP contribution < -0.4 is 10.5 Å². The van der Waals surface area contributed by atoms with Crippen molar-refractivity contribution in [2.45, 2.75) is 24.7 Å². The van der Waals surface area contributed by atoms with E-state index in [2.05, 4.69) is 12.2 Å². The number of anilines is 1. The molecule has 1 aromatic carbocycles. The molecular formula is C12H17FN2O2S. The first-order valence-corrected chi connectivity index (χ1v) is 7.49. The molecule has 0 heterocycles. The molecule has 0 aromatic heterocycles. The van der Waals surface area contributed by atoms with Gasteiger partial charge in [0.2, 0.25) is 10.0 Å². The second kappa shape index (κ2) is 4.85. The van der Waals surface area contributed by atoms with E-state index in [4.69, 9.17) is 5.14 Å². The predicted octanol–water partition coefficient (Wildman–Crippen LogP) is 1.93. The Morgan fingerprint density at radius 1 is 1.50 bits per heavy atom. The molecule has 0 radical (unpaired) electrons. The summed E-state index contributed by atoms with van der Waals surface area (Å²) in [4.78, 5) is -0.208. The average Bonchev–Trinajstić information content (AvgIpc) is 3.09. The third kappa shape index (κ3) is 3.20. The number of hydrogen-bond donors (Lipinski definition) is 2. The summed E-state index contributed by atoms with van der Waals surface area (Å²) in [6.45, 7) is 2.82. The summed E-state index contributed by atoms with van der Waals surface area (Å²) in [5, 5.41) is 7.93. The van der Waals surface area contributed by atoms with Crippen LogP contribution in [0.3, 0.4) is 0 Å². The summed E-state index contributed by atoms with van der Waals surface area (Å²) in [7, 11) is -3.84. The zero-order valence-corrected chi connectivity index (χ0v) is 11.0. The Bertz CT molecular complexity index is 541. The van der Waals surface area contributed by atoms with Gasteiger partial charge in [-0.1, -0.05) is 6.92 Å². The quantitative estimate of drug-likeness (QED) is 0.860. The minimum atomic E-state index is -3.84. The monoisotopic (exact) mass is 272 g/mol. The van der Waals surface area contributed by atoms with Gasteiger partial charge in [0.1, 0.15) is 5.82 Å². The number of sulfonamides is 1. The van der Waals surface area contributed by atoms with Crippen LogP contribution in [0.1, 0.15) is 19.8 Å². The molecule has 1 saturated carbocycles. The van der Waals surface area contributed by atoms with E-state index in [1.807, 2.05) is 0 Å². The zero-order valence-electron chi connectivity index (χ0n) is 10.2. The number of primary sulfonamides is 1. The molecule has 2 rings (SSSR count). The number of nitrogens with two attached hydrogens (primary N) is 1. The van der Waals surface area contributed by atoms with Crippen molar-refractivity contribution in [1.29, 1.82) is 0 Å². The van der Waals surface area contributed by atoms with Gasteiger partial charge in [0.25, 0.3) is 0 Å². The topological polar surface area (TPSA) is 72.2 Å². The van der Waals surface area contributed by atoms with Crippen molar-refractivity contribution in [3.8, 4) is 0 Å². The second-order valence-corrected chi connectivity index (χ2v) is 6.44. The average molecular weight is 272 g/mol. The van der Waals surface area contributed by atoms with Gasteiger partial charge < -0.3 is 5.32 Å². The van der Waals surface area contributed by atoms with Crippen LogP contribution in [0.5, 0.6) is 0 Å². The van der Waals surface area contributed by atoms with E-state index >= 15 is 0 Å². The summed E-state index contributed by atoms with van der Waals surface area (Å²) >= 11 is 0. The summed E-state index contributed by atoms with van der Waals surface area (Å²) in [6.07, 6.45) is 2.49. The number of nitrogens with one attached hydrogen (secondary N) is 1. The SMILES string of the molecule is CC(CNc1ccc(S(N)(=O)=O)cc1F)C1CC1. The normalized spacial score (nSPS) is 17.5. The van der Waals surface area contributed by atoms with Gasteiger partial charge in [-0.25, -0.2) is 17.9 Å². The Labute approximate surface area is 106 Å². The third-order valence-corrected chi connectivity index (χ3v) is 4.22. The molecule has 0 saturated heterocycles. The Morgan fingerprint density at radius 3 is 2.67 bits per heavy atom. The van der Waals surface area contributed by atoms with Crippen molar-refractivity contribution >= 4 is 15.7 Å². The van der Waals surface area contributed by atoms with Crippen molar-refractivity contribution in [3.63, 3.8) is 0 Å². The molecule has 0 amide bonds. The van der Waals surface area contributed by atoms with Crippen molar-refractivity contribution in [3.05, 3.63) is 24.0 Å². The lowest BCUT2D eigenvalue weighted by atomic mass is 10.1. The van der Waals surface area contributed by atoms with Crippen LogP contribution in [0.15, 0.2) is 23.1 Å². The molecule has 1 atom stereocenters. The fourth-order valence-electron chi connectivity index (χ4n) is 1.92. The molecular weight excluding hydrogens is 255 g/mol. The molecule has 18 heavy (non-hydrogen) atoms. The first-order valence-electron chi connectivity index (χ1n) is 5.94. The van der Waals surface area contributed by atoms with E-state index in [9.17, 15) is 12.8 Å². The van der Waals surface area contributed by atoms with Crippen molar-refractivity contribution in [2.24, 2.45) is 17.0 Å². The van der Waals surface area contributed by atoms with Gasteiger partial charge in [0, 0.05) is 6.54 Å². The van der Waals surface area contributed by atoms with Gasteiger partial charge in [0.05, 0.1) is 10.6 Å². The van der Waals surface area contributed by atoms with E-state index in [0.717, 1.165) is 12.0 Å². The fourth-order valence-corrected chi connectivity index (χ4v) is 2.44. The maximum absolute atomic E-state index is 13.7. The van der Waals surface area contributed by atoms with Gasteiger partial charge in [-0.3, -0.25) is 0 Å². The van der Waals surface area contributed by atoms with Crippen molar-refractivity contribution in [1.82, 2.24) is 0 Å². The number of rotatable bonds is 5. The Kier molecular flexibility index (Phi) is 3.59. The highest BCUT2D eigenvalue weighted by Gasteiger charge is 2.27. The summed E-state index contributed by atoms with van der Waals surface area (Å²) in [5.74, 6) is 0.649. The molecule has 1 aromatic rings. The van der Waals surface area contributed by atoms with E-state index in [0.29, 0.717) is 18.2 Å². The Morgan fingerprint density at radius 2 is 2.17 bits per heavy atom.